The summed E-state index contributed by atoms with van der Waals surface area (Å²) in [6, 6.07) is 8.76. The Bertz CT molecular complexity index is 375. The second-order valence-corrected chi connectivity index (χ2v) is 6.51. The molecule has 1 saturated heterocycles. The maximum Gasteiger partial charge on any atom is 0.0236 e. The number of hydrogen-bond donors (Lipinski definition) is 0. The molecule has 0 aliphatic carbocycles. The largest absolute Gasteiger partial charge is 0.299 e. The number of hydrogen-bond acceptors (Lipinski definition) is 1. The van der Waals surface area contributed by atoms with E-state index in [1.54, 1.807) is 0 Å². The van der Waals surface area contributed by atoms with Crippen molar-refractivity contribution in [1.82, 2.24) is 4.90 Å². The van der Waals surface area contributed by atoms with Crippen LogP contribution in [0, 0.1) is 18.3 Å². The highest BCUT2D eigenvalue weighted by molar-refractivity contribution is 5.25. The van der Waals surface area contributed by atoms with Gasteiger partial charge in [0.15, 0.2) is 0 Å². The Balaban J connectivity index is 1.97. The van der Waals surface area contributed by atoms with Crippen molar-refractivity contribution in [2.75, 3.05) is 13.1 Å². The first-order valence-electron chi connectivity index (χ1n) is 6.73. The van der Waals surface area contributed by atoms with E-state index in [-0.39, 0.29) is 0 Å². The Labute approximate surface area is 106 Å². The summed E-state index contributed by atoms with van der Waals surface area (Å²) in [6.45, 7) is 13.0. The molecular formula is C16H25N. The van der Waals surface area contributed by atoms with Crippen LogP contribution in [0.2, 0.25) is 0 Å². The molecule has 0 spiro atoms. The molecule has 0 amide bonds. The van der Waals surface area contributed by atoms with Crippen molar-refractivity contribution in [3.05, 3.63) is 35.4 Å². The first-order chi connectivity index (χ1) is 7.97. The summed E-state index contributed by atoms with van der Waals surface area (Å²) >= 11 is 0. The van der Waals surface area contributed by atoms with Crippen LogP contribution in [0.1, 0.15) is 38.3 Å². The van der Waals surface area contributed by atoms with Crippen LogP contribution in [0.3, 0.4) is 0 Å². The second kappa shape index (κ2) is 4.81. The van der Waals surface area contributed by atoms with Crippen LogP contribution in [0.5, 0.6) is 0 Å². The SMILES string of the molecule is Cc1ccccc1CN1CC[C@H](C(C)(C)C)C1. The van der Waals surface area contributed by atoms with Crippen LogP contribution in [0.4, 0.5) is 0 Å². The van der Waals surface area contributed by atoms with Crippen molar-refractivity contribution < 1.29 is 0 Å². The number of likely N-dealkylation sites (tertiary alicyclic amines) is 1. The second-order valence-electron chi connectivity index (χ2n) is 6.51. The van der Waals surface area contributed by atoms with Gasteiger partial charge in [0.2, 0.25) is 0 Å². The molecule has 17 heavy (non-hydrogen) atoms. The van der Waals surface area contributed by atoms with Gasteiger partial charge in [-0.15, -0.1) is 0 Å². The van der Waals surface area contributed by atoms with Gasteiger partial charge in [-0.3, -0.25) is 4.90 Å². The third kappa shape index (κ3) is 3.10. The maximum atomic E-state index is 2.61. The van der Waals surface area contributed by atoms with Crippen molar-refractivity contribution in [2.24, 2.45) is 11.3 Å². The van der Waals surface area contributed by atoms with E-state index < -0.39 is 0 Å². The van der Waals surface area contributed by atoms with E-state index >= 15 is 0 Å². The molecule has 1 heterocycles. The van der Waals surface area contributed by atoms with Crippen LogP contribution >= 0.6 is 0 Å². The monoisotopic (exact) mass is 231 g/mol. The van der Waals surface area contributed by atoms with Crippen molar-refractivity contribution in [3.8, 4) is 0 Å². The molecule has 0 bridgehead atoms. The lowest BCUT2D eigenvalue weighted by Crippen LogP contribution is -2.26. The van der Waals surface area contributed by atoms with E-state index in [0.717, 1.165) is 12.5 Å². The van der Waals surface area contributed by atoms with Gasteiger partial charge in [0, 0.05) is 13.1 Å². The molecule has 0 radical (unpaired) electrons. The smallest absolute Gasteiger partial charge is 0.0236 e. The van der Waals surface area contributed by atoms with Gasteiger partial charge in [0.25, 0.3) is 0 Å². The zero-order valence-electron chi connectivity index (χ0n) is 11.7. The fourth-order valence-electron chi connectivity index (χ4n) is 2.71. The number of benzene rings is 1. The molecule has 1 aliphatic heterocycles. The fraction of sp³-hybridized carbons (Fsp3) is 0.625. The average molecular weight is 231 g/mol. The zero-order valence-corrected chi connectivity index (χ0v) is 11.7. The molecule has 0 N–H and O–H groups in total. The third-order valence-corrected chi connectivity index (χ3v) is 4.15. The minimum atomic E-state index is 0.459. The fourth-order valence-corrected chi connectivity index (χ4v) is 2.71. The highest BCUT2D eigenvalue weighted by Crippen LogP contribution is 2.34. The van der Waals surface area contributed by atoms with Gasteiger partial charge in [-0.25, -0.2) is 0 Å². The molecule has 1 atom stereocenters. The minimum absolute atomic E-state index is 0.459. The van der Waals surface area contributed by atoms with E-state index in [0.29, 0.717) is 5.41 Å². The van der Waals surface area contributed by atoms with Gasteiger partial charge >= 0.3 is 0 Å². The molecule has 1 aliphatic rings. The van der Waals surface area contributed by atoms with E-state index in [2.05, 4.69) is 56.9 Å². The Morgan fingerprint density at radius 3 is 2.53 bits per heavy atom. The van der Waals surface area contributed by atoms with Gasteiger partial charge in [-0.1, -0.05) is 45.0 Å². The summed E-state index contributed by atoms with van der Waals surface area (Å²) < 4.78 is 0. The first-order valence-corrected chi connectivity index (χ1v) is 6.73. The predicted octanol–water partition coefficient (Wildman–Crippen LogP) is 3.86. The van der Waals surface area contributed by atoms with Crippen molar-refractivity contribution in [1.29, 1.82) is 0 Å². The molecule has 94 valence electrons. The Kier molecular flexibility index (Phi) is 3.58. The lowest BCUT2D eigenvalue weighted by atomic mass is 9.80. The maximum absolute atomic E-state index is 2.61. The standard InChI is InChI=1S/C16H25N/c1-13-7-5-6-8-14(13)11-17-10-9-15(12-17)16(2,3)4/h5-8,15H,9-12H2,1-4H3/t15-/m0/s1. The van der Waals surface area contributed by atoms with Crippen molar-refractivity contribution in [3.63, 3.8) is 0 Å². The average Bonchev–Trinajstić information content (AvgIpc) is 2.69. The molecule has 1 aromatic carbocycles. The molecule has 1 fully saturated rings. The molecule has 1 aromatic rings. The van der Waals surface area contributed by atoms with Crippen molar-refractivity contribution >= 4 is 0 Å². The van der Waals surface area contributed by atoms with Crippen LogP contribution in [0.25, 0.3) is 0 Å². The lowest BCUT2D eigenvalue weighted by Gasteiger charge is -2.27. The topological polar surface area (TPSA) is 3.24 Å². The van der Waals surface area contributed by atoms with Crippen LogP contribution in [-0.4, -0.2) is 18.0 Å². The summed E-state index contributed by atoms with van der Waals surface area (Å²) in [5, 5.41) is 0. The summed E-state index contributed by atoms with van der Waals surface area (Å²) in [4.78, 5) is 2.61. The molecule has 0 aromatic heterocycles. The molecule has 0 unspecified atom stereocenters. The van der Waals surface area contributed by atoms with Gasteiger partial charge in [-0.05, 0) is 42.3 Å². The zero-order chi connectivity index (χ0) is 12.5. The van der Waals surface area contributed by atoms with E-state index in [9.17, 15) is 0 Å². The molecule has 1 heteroatoms. The minimum Gasteiger partial charge on any atom is -0.299 e. The molecule has 1 nitrogen and oxygen atoms in total. The van der Waals surface area contributed by atoms with E-state index in [4.69, 9.17) is 0 Å². The van der Waals surface area contributed by atoms with Gasteiger partial charge in [0.05, 0.1) is 0 Å². The predicted molar refractivity (Wildman–Crippen MR) is 74.0 cm³/mol. The Morgan fingerprint density at radius 2 is 1.94 bits per heavy atom. The van der Waals surface area contributed by atoms with Crippen LogP contribution in [0.15, 0.2) is 24.3 Å². The van der Waals surface area contributed by atoms with Gasteiger partial charge in [-0.2, -0.15) is 0 Å². The summed E-state index contributed by atoms with van der Waals surface area (Å²) in [5.41, 5.74) is 3.37. The quantitative estimate of drug-likeness (QED) is 0.747. The van der Waals surface area contributed by atoms with Gasteiger partial charge in [0.1, 0.15) is 0 Å². The number of nitrogens with zero attached hydrogens (tertiary/aromatic N) is 1. The summed E-state index contributed by atoms with van der Waals surface area (Å²) in [6.07, 6.45) is 1.36. The molecule has 2 rings (SSSR count). The lowest BCUT2D eigenvalue weighted by molar-refractivity contribution is 0.226. The van der Waals surface area contributed by atoms with E-state index in [1.807, 2.05) is 0 Å². The van der Waals surface area contributed by atoms with E-state index in [1.165, 1.54) is 30.6 Å². The highest BCUT2D eigenvalue weighted by atomic mass is 15.1. The van der Waals surface area contributed by atoms with Crippen molar-refractivity contribution in [2.45, 2.75) is 40.7 Å². The van der Waals surface area contributed by atoms with Gasteiger partial charge < -0.3 is 0 Å². The van der Waals surface area contributed by atoms with Crippen LogP contribution < -0.4 is 0 Å². The Morgan fingerprint density at radius 1 is 1.24 bits per heavy atom. The number of rotatable bonds is 2. The van der Waals surface area contributed by atoms with Crippen LogP contribution in [-0.2, 0) is 6.54 Å². The Hall–Kier alpha value is -0.820. The first kappa shape index (κ1) is 12.6. The molecule has 0 saturated carbocycles. The highest BCUT2D eigenvalue weighted by Gasteiger charge is 2.31. The molecular weight excluding hydrogens is 206 g/mol. The summed E-state index contributed by atoms with van der Waals surface area (Å²) in [5.74, 6) is 0.853. The number of aryl methyl sites for hydroxylation is 1. The summed E-state index contributed by atoms with van der Waals surface area (Å²) in [7, 11) is 0. The third-order valence-electron chi connectivity index (χ3n) is 4.15. The normalized spacial score (nSPS) is 22.0.